The molecule has 1 fully saturated rings. The number of nitrogens with zero attached hydrogens (tertiary/aromatic N) is 4. The first-order valence-electron chi connectivity index (χ1n) is 8.92. The first-order valence-corrected chi connectivity index (χ1v) is 9.68. The highest BCUT2D eigenvalue weighted by atomic mass is 35.5. The van der Waals surface area contributed by atoms with Crippen molar-refractivity contribution in [2.75, 3.05) is 11.9 Å². The molecule has 2 N–H and O–H groups in total. The Bertz CT molecular complexity index is 1080. The number of nitrogens with one attached hydrogen (secondary N) is 2. The maximum absolute atomic E-state index is 12.2. The van der Waals surface area contributed by atoms with E-state index in [1.54, 1.807) is 22.9 Å². The van der Waals surface area contributed by atoms with Gasteiger partial charge < -0.3 is 10.6 Å². The number of tetrazole rings is 1. The number of amides is 2. The van der Waals surface area contributed by atoms with E-state index in [4.69, 9.17) is 23.2 Å². The van der Waals surface area contributed by atoms with Crippen LogP contribution in [0.1, 0.15) is 29.2 Å². The Morgan fingerprint density at radius 3 is 2.72 bits per heavy atom. The summed E-state index contributed by atoms with van der Waals surface area (Å²) in [6.07, 6.45) is 2.12. The SMILES string of the molecule is O=C(CNC(=O)c1ccc(Cl)cc1Cl)Nc1cccc(-c2nnnn2C2CC2)c1. The molecule has 1 aliphatic carbocycles. The quantitative estimate of drug-likeness (QED) is 0.623. The van der Waals surface area contributed by atoms with E-state index in [0.717, 1.165) is 18.4 Å². The number of carbonyl (C=O) groups excluding carboxylic acids is 2. The van der Waals surface area contributed by atoms with Crippen molar-refractivity contribution in [1.82, 2.24) is 25.5 Å². The Labute approximate surface area is 176 Å². The van der Waals surface area contributed by atoms with Crippen molar-refractivity contribution in [3.05, 3.63) is 58.1 Å². The lowest BCUT2D eigenvalue weighted by Gasteiger charge is -2.09. The van der Waals surface area contributed by atoms with Crippen molar-refractivity contribution in [1.29, 1.82) is 0 Å². The molecule has 1 aromatic heterocycles. The number of benzene rings is 2. The molecule has 10 heteroatoms. The number of hydrogen-bond donors (Lipinski definition) is 2. The smallest absolute Gasteiger partial charge is 0.253 e. The predicted molar refractivity (Wildman–Crippen MR) is 109 cm³/mol. The molecular formula is C19H16Cl2N6O2. The normalized spacial score (nSPS) is 13.2. The molecule has 0 unspecified atom stereocenters. The molecule has 0 bridgehead atoms. The second kappa shape index (κ2) is 8.18. The number of carbonyl (C=O) groups is 2. The third-order valence-corrected chi connectivity index (χ3v) is 4.92. The van der Waals surface area contributed by atoms with Gasteiger partial charge >= 0.3 is 0 Å². The third kappa shape index (κ3) is 4.55. The van der Waals surface area contributed by atoms with Crippen LogP contribution in [0.2, 0.25) is 10.0 Å². The maximum Gasteiger partial charge on any atom is 0.253 e. The average molecular weight is 431 g/mol. The second-order valence-corrected chi connectivity index (χ2v) is 7.46. The maximum atomic E-state index is 12.2. The van der Waals surface area contributed by atoms with Crippen molar-refractivity contribution >= 4 is 40.7 Å². The monoisotopic (exact) mass is 430 g/mol. The van der Waals surface area contributed by atoms with Crippen LogP contribution in [-0.2, 0) is 4.79 Å². The molecule has 0 spiro atoms. The zero-order valence-corrected chi connectivity index (χ0v) is 16.6. The Hall–Kier alpha value is -2.97. The molecule has 0 saturated heterocycles. The van der Waals surface area contributed by atoms with Crippen molar-refractivity contribution in [2.45, 2.75) is 18.9 Å². The van der Waals surface area contributed by atoms with Gasteiger partial charge in [0, 0.05) is 16.3 Å². The third-order valence-electron chi connectivity index (χ3n) is 4.38. The van der Waals surface area contributed by atoms with E-state index >= 15 is 0 Å². The summed E-state index contributed by atoms with van der Waals surface area (Å²) < 4.78 is 1.80. The van der Waals surface area contributed by atoms with E-state index < -0.39 is 5.91 Å². The van der Waals surface area contributed by atoms with Crippen LogP contribution in [0.3, 0.4) is 0 Å². The van der Waals surface area contributed by atoms with Gasteiger partial charge in [-0.1, -0.05) is 35.3 Å². The molecule has 8 nitrogen and oxygen atoms in total. The van der Waals surface area contributed by atoms with Crippen LogP contribution in [0, 0.1) is 0 Å². The number of anilines is 1. The van der Waals surface area contributed by atoms with Gasteiger partial charge in [0.05, 0.1) is 23.2 Å². The number of halogens is 2. The lowest BCUT2D eigenvalue weighted by molar-refractivity contribution is -0.115. The highest BCUT2D eigenvalue weighted by Crippen LogP contribution is 2.36. The summed E-state index contributed by atoms with van der Waals surface area (Å²) >= 11 is 11.8. The van der Waals surface area contributed by atoms with Crippen LogP contribution in [0.4, 0.5) is 5.69 Å². The van der Waals surface area contributed by atoms with E-state index in [2.05, 4.69) is 26.2 Å². The zero-order chi connectivity index (χ0) is 20.4. The van der Waals surface area contributed by atoms with Crippen LogP contribution in [-0.4, -0.2) is 38.6 Å². The highest BCUT2D eigenvalue weighted by Gasteiger charge is 2.28. The van der Waals surface area contributed by atoms with E-state index in [9.17, 15) is 9.59 Å². The largest absolute Gasteiger partial charge is 0.343 e. The fraction of sp³-hybridized carbons (Fsp3) is 0.211. The summed E-state index contributed by atoms with van der Waals surface area (Å²) in [5.41, 5.74) is 1.63. The number of hydrogen-bond acceptors (Lipinski definition) is 5. The number of aromatic nitrogens is 4. The second-order valence-electron chi connectivity index (χ2n) is 6.61. The van der Waals surface area contributed by atoms with Gasteiger partial charge in [-0.15, -0.1) is 5.10 Å². The fourth-order valence-electron chi connectivity index (χ4n) is 2.82. The van der Waals surface area contributed by atoms with Gasteiger partial charge in [-0.25, -0.2) is 4.68 Å². The summed E-state index contributed by atoms with van der Waals surface area (Å²) in [5.74, 6) is -0.171. The van der Waals surface area contributed by atoms with E-state index in [1.165, 1.54) is 12.1 Å². The zero-order valence-electron chi connectivity index (χ0n) is 15.1. The molecule has 4 rings (SSSR count). The Morgan fingerprint density at radius 1 is 1.14 bits per heavy atom. The van der Waals surface area contributed by atoms with Gasteiger partial charge in [0.1, 0.15) is 0 Å². The van der Waals surface area contributed by atoms with Gasteiger partial charge in [-0.2, -0.15) is 0 Å². The van der Waals surface area contributed by atoms with Crippen LogP contribution in [0.25, 0.3) is 11.4 Å². The minimum Gasteiger partial charge on any atom is -0.343 e. The summed E-state index contributed by atoms with van der Waals surface area (Å²) in [7, 11) is 0. The molecule has 1 saturated carbocycles. The lowest BCUT2D eigenvalue weighted by atomic mass is 10.2. The highest BCUT2D eigenvalue weighted by molar-refractivity contribution is 6.36. The minimum atomic E-state index is -0.459. The first-order chi connectivity index (χ1) is 14.0. The molecule has 0 radical (unpaired) electrons. The summed E-state index contributed by atoms with van der Waals surface area (Å²) in [6, 6.07) is 12.1. The molecule has 2 aromatic carbocycles. The van der Waals surface area contributed by atoms with Crippen molar-refractivity contribution in [3.63, 3.8) is 0 Å². The topological polar surface area (TPSA) is 102 Å². The van der Waals surface area contributed by atoms with Gasteiger partial charge in [0.2, 0.25) is 5.91 Å². The summed E-state index contributed by atoms with van der Waals surface area (Å²) in [6.45, 7) is -0.207. The molecular weight excluding hydrogens is 415 g/mol. The molecule has 0 aliphatic heterocycles. The van der Waals surface area contributed by atoms with Crippen molar-refractivity contribution in [2.24, 2.45) is 0 Å². The fourth-order valence-corrected chi connectivity index (χ4v) is 3.31. The van der Waals surface area contributed by atoms with Gasteiger partial charge in [-0.3, -0.25) is 9.59 Å². The predicted octanol–water partition coefficient (Wildman–Crippen LogP) is 3.35. The molecule has 0 atom stereocenters. The van der Waals surface area contributed by atoms with Crippen LogP contribution >= 0.6 is 23.2 Å². The van der Waals surface area contributed by atoms with Crippen LogP contribution < -0.4 is 10.6 Å². The average Bonchev–Trinajstić information content (AvgIpc) is 3.42. The molecule has 2 amide bonds. The van der Waals surface area contributed by atoms with E-state index in [0.29, 0.717) is 22.6 Å². The van der Waals surface area contributed by atoms with Gasteiger partial charge in [0.15, 0.2) is 5.82 Å². The molecule has 29 heavy (non-hydrogen) atoms. The number of rotatable bonds is 6. The lowest BCUT2D eigenvalue weighted by Crippen LogP contribution is -2.33. The molecule has 3 aromatic rings. The van der Waals surface area contributed by atoms with Crippen molar-refractivity contribution in [3.8, 4) is 11.4 Å². The van der Waals surface area contributed by atoms with Crippen LogP contribution in [0.5, 0.6) is 0 Å². The van der Waals surface area contributed by atoms with Gasteiger partial charge in [-0.05, 0) is 53.6 Å². The Balaban J connectivity index is 1.38. The van der Waals surface area contributed by atoms with Crippen molar-refractivity contribution < 1.29 is 9.59 Å². The minimum absolute atomic E-state index is 0.207. The Morgan fingerprint density at radius 2 is 1.97 bits per heavy atom. The Kier molecular flexibility index (Phi) is 5.46. The molecule has 1 heterocycles. The van der Waals surface area contributed by atoms with Gasteiger partial charge in [0.25, 0.3) is 5.91 Å². The molecule has 1 aliphatic rings. The van der Waals surface area contributed by atoms with E-state index in [-0.39, 0.29) is 23.0 Å². The summed E-state index contributed by atoms with van der Waals surface area (Å²) in [5, 5.41) is 17.8. The summed E-state index contributed by atoms with van der Waals surface area (Å²) in [4.78, 5) is 24.5. The standard InChI is InChI=1S/C19H16Cl2N6O2/c20-12-4-7-15(16(21)9-12)19(29)22-10-17(28)23-13-3-1-2-11(8-13)18-24-25-26-27(18)14-5-6-14/h1-4,7-9,14H,5-6,10H2,(H,22,29)(H,23,28). The van der Waals surface area contributed by atoms with E-state index in [1.807, 2.05) is 12.1 Å². The van der Waals surface area contributed by atoms with Crippen LogP contribution in [0.15, 0.2) is 42.5 Å². The first kappa shape index (κ1) is 19.4. The molecule has 148 valence electrons.